The third-order valence-corrected chi connectivity index (χ3v) is 4.72. The molecule has 5 nitrogen and oxygen atoms in total. The molecule has 0 bridgehead atoms. The Hall–Kier alpha value is -1.66. The van der Waals surface area contributed by atoms with Crippen molar-refractivity contribution in [3.05, 3.63) is 33.8 Å². The van der Waals surface area contributed by atoms with Crippen LogP contribution in [0.3, 0.4) is 0 Å². The number of hydrogen-bond acceptors (Lipinski definition) is 5. The first-order valence-electron chi connectivity index (χ1n) is 6.20. The van der Waals surface area contributed by atoms with E-state index in [1.54, 1.807) is 4.90 Å². The minimum Gasteiger partial charge on any atom is -0.374 e. The summed E-state index contributed by atoms with van der Waals surface area (Å²) in [6.07, 6.45) is 0.431. The smallest absolute Gasteiger partial charge is 0.227 e. The average Bonchev–Trinajstić information content (AvgIpc) is 2.99. The Labute approximate surface area is 125 Å². The molecule has 1 aromatic carbocycles. The van der Waals surface area contributed by atoms with E-state index < -0.39 is 0 Å². The predicted molar refractivity (Wildman–Crippen MR) is 80.2 cm³/mol. The van der Waals surface area contributed by atoms with Crippen LogP contribution in [0, 0.1) is 6.92 Å². The lowest BCUT2D eigenvalue weighted by Crippen LogP contribution is -2.24. The van der Waals surface area contributed by atoms with Crippen molar-refractivity contribution in [2.75, 3.05) is 17.2 Å². The minimum absolute atomic E-state index is 0.0531. The van der Waals surface area contributed by atoms with E-state index in [0.717, 1.165) is 16.3 Å². The van der Waals surface area contributed by atoms with Crippen LogP contribution in [-0.2, 0) is 4.79 Å². The molecule has 0 saturated carbocycles. The van der Waals surface area contributed by atoms with Gasteiger partial charge in [0.1, 0.15) is 5.01 Å². The molecule has 7 heteroatoms. The summed E-state index contributed by atoms with van der Waals surface area (Å²) in [7, 11) is 0. The predicted octanol–water partition coefficient (Wildman–Crippen LogP) is 2.60. The summed E-state index contributed by atoms with van der Waals surface area (Å²) in [6.45, 7) is 2.53. The van der Waals surface area contributed by atoms with E-state index in [1.165, 1.54) is 11.3 Å². The quantitative estimate of drug-likeness (QED) is 0.925. The van der Waals surface area contributed by atoms with Crippen molar-refractivity contribution in [3.8, 4) is 0 Å². The number of hydrogen-bond donors (Lipinski definition) is 1. The summed E-state index contributed by atoms with van der Waals surface area (Å²) in [4.78, 5) is 13.9. The van der Waals surface area contributed by atoms with Gasteiger partial charge in [0.15, 0.2) is 0 Å². The molecule has 3 rings (SSSR count). The number of carbonyl (C=O) groups excluding carboxylic acids is 1. The van der Waals surface area contributed by atoms with Crippen LogP contribution < -0.4 is 10.6 Å². The Morgan fingerprint density at radius 2 is 2.25 bits per heavy atom. The molecular formula is C13H13ClN4OS. The Morgan fingerprint density at radius 1 is 1.45 bits per heavy atom. The topological polar surface area (TPSA) is 72.1 Å². The third kappa shape index (κ3) is 2.36. The van der Waals surface area contributed by atoms with Crippen molar-refractivity contribution >= 4 is 39.7 Å². The van der Waals surface area contributed by atoms with Crippen molar-refractivity contribution in [2.24, 2.45) is 0 Å². The molecule has 104 valence electrons. The Morgan fingerprint density at radius 3 is 2.90 bits per heavy atom. The van der Waals surface area contributed by atoms with Crippen LogP contribution in [0.15, 0.2) is 18.2 Å². The van der Waals surface area contributed by atoms with Crippen molar-refractivity contribution in [1.29, 1.82) is 0 Å². The van der Waals surface area contributed by atoms with Crippen LogP contribution in [0.1, 0.15) is 22.9 Å². The molecule has 20 heavy (non-hydrogen) atoms. The first-order valence-corrected chi connectivity index (χ1v) is 7.39. The van der Waals surface area contributed by atoms with Crippen LogP contribution in [-0.4, -0.2) is 22.6 Å². The van der Waals surface area contributed by atoms with E-state index in [1.807, 2.05) is 25.1 Å². The molecule has 1 saturated heterocycles. The van der Waals surface area contributed by atoms with Crippen LogP contribution in [0.25, 0.3) is 0 Å². The van der Waals surface area contributed by atoms with Crippen LogP contribution in [0.5, 0.6) is 0 Å². The molecule has 1 amide bonds. The molecule has 0 aliphatic carbocycles. The fourth-order valence-electron chi connectivity index (χ4n) is 2.28. The second-order valence-electron chi connectivity index (χ2n) is 4.82. The monoisotopic (exact) mass is 308 g/mol. The number of rotatable bonds is 2. The number of nitrogens with two attached hydrogens (primary N) is 1. The number of aryl methyl sites for hydroxylation is 1. The van der Waals surface area contributed by atoms with Gasteiger partial charge in [0.05, 0.1) is 0 Å². The van der Waals surface area contributed by atoms with E-state index in [2.05, 4.69) is 10.2 Å². The number of anilines is 2. The lowest BCUT2D eigenvalue weighted by atomic mass is 10.1. The van der Waals surface area contributed by atoms with Gasteiger partial charge < -0.3 is 10.6 Å². The lowest BCUT2D eigenvalue weighted by Gasteiger charge is -2.17. The highest BCUT2D eigenvalue weighted by molar-refractivity contribution is 7.15. The normalized spacial score (nSPS) is 18.8. The highest BCUT2D eigenvalue weighted by atomic mass is 35.5. The standard InChI is InChI=1S/C13H13ClN4OS/c1-7-2-3-9(5-10(7)14)18-6-8(4-11(18)19)12-16-17-13(15)20-12/h2-3,5,8H,4,6H2,1H3,(H2,15,17)/t8-/m0/s1. The number of nitrogens with zero attached hydrogens (tertiary/aromatic N) is 3. The summed E-state index contributed by atoms with van der Waals surface area (Å²) in [5, 5.41) is 9.75. The fraction of sp³-hybridized carbons (Fsp3) is 0.308. The first kappa shape index (κ1) is 13.3. The summed E-state index contributed by atoms with van der Waals surface area (Å²) in [5.41, 5.74) is 7.41. The van der Waals surface area contributed by atoms with Gasteiger partial charge in [0.2, 0.25) is 11.0 Å². The maximum atomic E-state index is 12.2. The van der Waals surface area contributed by atoms with Gasteiger partial charge in [0, 0.05) is 29.6 Å². The SMILES string of the molecule is Cc1ccc(N2C[C@@H](c3nnc(N)s3)CC2=O)cc1Cl. The van der Waals surface area contributed by atoms with Gasteiger partial charge in [-0.2, -0.15) is 0 Å². The van der Waals surface area contributed by atoms with Crippen LogP contribution in [0.4, 0.5) is 10.8 Å². The van der Waals surface area contributed by atoms with Crippen LogP contribution in [0.2, 0.25) is 5.02 Å². The molecule has 1 atom stereocenters. The molecule has 1 aromatic heterocycles. The number of carbonyl (C=O) groups is 1. The number of halogens is 1. The van der Waals surface area contributed by atoms with Gasteiger partial charge in [-0.25, -0.2) is 0 Å². The molecule has 2 N–H and O–H groups in total. The number of amides is 1. The summed E-state index contributed by atoms with van der Waals surface area (Å²) in [6, 6.07) is 5.66. The fourth-order valence-corrected chi connectivity index (χ4v) is 3.16. The third-order valence-electron chi connectivity index (χ3n) is 3.40. The zero-order valence-electron chi connectivity index (χ0n) is 10.8. The first-order chi connectivity index (χ1) is 9.54. The molecular weight excluding hydrogens is 296 g/mol. The van der Waals surface area contributed by atoms with E-state index in [4.69, 9.17) is 17.3 Å². The van der Waals surface area contributed by atoms with Gasteiger partial charge in [0.25, 0.3) is 0 Å². The average molecular weight is 309 g/mol. The summed E-state index contributed by atoms with van der Waals surface area (Å²) < 4.78 is 0. The zero-order valence-corrected chi connectivity index (χ0v) is 12.4. The second kappa shape index (κ2) is 5.03. The molecule has 0 spiro atoms. The van der Waals surface area contributed by atoms with E-state index in [0.29, 0.717) is 23.1 Å². The van der Waals surface area contributed by atoms with Gasteiger partial charge in [-0.05, 0) is 24.6 Å². The van der Waals surface area contributed by atoms with Crippen molar-refractivity contribution in [1.82, 2.24) is 10.2 Å². The van der Waals surface area contributed by atoms with Crippen LogP contribution >= 0.6 is 22.9 Å². The zero-order chi connectivity index (χ0) is 14.3. The van der Waals surface area contributed by atoms with E-state index >= 15 is 0 Å². The Bertz CT molecular complexity index is 672. The van der Waals surface area contributed by atoms with Gasteiger partial charge in [-0.1, -0.05) is 29.0 Å². The molecule has 0 radical (unpaired) electrons. The summed E-state index contributed by atoms with van der Waals surface area (Å²) >= 11 is 7.46. The number of benzene rings is 1. The molecule has 2 heterocycles. The molecule has 1 aliphatic heterocycles. The van der Waals surface area contributed by atoms with Gasteiger partial charge >= 0.3 is 0 Å². The summed E-state index contributed by atoms with van der Waals surface area (Å²) in [5.74, 6) is 0.126. The van der Waals surface area contributed by atoms with Crippen molar-refractivity contribution in [3.63, 3.8) is 0 Å². The molecule has 1 aliphatic rings. The van der Waals surface area contributed by atoms with Gasteiger partial charge in [-0.15, -0.1) is 10.2 Å². The van der Waals surface area contributed by atoms with Gasteiger partial charge in [-0.3, -0.25) is 4.79 Å². The lowest BCUT2D eigenvalue weighted by molar-refractivity contribution is -0.117. The molecule has 1 fully saturated rings. The van der Waals surface area contributed by atoms with Crippen molar-refractivity contribution < 1.29 is 4.79 Å². The highest BCUT2D eigenvalue weighted by Crippen LogP contribution is 2.34. The van der Waals surface area contributed by atoms with E-state index in [-0.39, 0.29) is 11.8 Å². The number of nitrogen functional groups attached to an aromatic ring is 1. The maximum absolute atomic E-state index is 12.2. The van der Waals surface area contributed by atoms with E-state index in [9.17, 15) is 4.79 Å². The molecule has 0 unspecified atom stereocenters. The maximum Gasteiger partial charge on any atom is 0.227 e. The number of aromatic nitrogens is 2. The Balaban J connectivity index is 1.85. The molecule has 2 aromatic rings. The largest absolute Gasteiger partial charge is 0.374 e. The second-order valence-corrected chi connectivity index (χ2v) is 6.27. The highest BCUT2D eigenvalue weighted by Gasteiger charge is 2.33. The minimum atomic E-state index is 0.0531. The van der Waals surface area contributed by atoms with Crippen molar-refractivity contribution in [2.45, 2.75) is 19.3 Å². The Kier molecular flexibility index (Phi) is 3.35.